The predicted octanol–water partition coefficient (Wildman–Crippen LogP) is 4.09. The minimum atomic E-state index is -3.84. The van der Waals surface area contributed by atoms with Crippen LogP contribution >= 0.6 is 22.3 Å². The summed E-state index contributed by atoms with van der Waals surface area (Å²) < 4.78 is 22.7. The van der Waals surface area contributed by atoms with E-state index in [-0.39, 0.29) is 21.7 Å². The fourth-order valence-corrected chi connectivity index (χ4v) is 3.82. The molecule has 1 aliphatic rings. The van der Waals surface area contributed by atoms with Crippen LogP contribution in [0.3, 0.4) is 0 Å². The molecule has 0 heterocycles. The first kappa shape index (κ1) is 16.6. The van der Waals surface area contributed by atoms with Crippen molar-refractivity contribution in [3.63, 3.8) is 0 Å². The standard InChI is InChI=1S/C14H17Cl2NO3S/c1-9-7-11(21(16,19)20)8-12(15)13(9)17-14(18)10-5-3-2-4-6-10/h7-8,10H,2-6H2,1H3,(H,17,18). The first-order valence-electron chi connectivity index (χ1n) is 6.84. The molecule has 0 unspecified atom stereocenters. The second-order valence-electron chi connectivity index (χ2n) is 5.36. The van der Waals surface area contributed by atoms with Gasteiger partial charge in [0.15, 0.2) is 0 Å². The highest BCUT2D eigenvalue weighted by Crippen LogP contribution is 2.32. The average Bonchev–Trinajstić information content (AvgIpc) is 2.42. The Morgan fingerprint density at radius 3 is 2.38 bits per heavy atom. The molecule has 1 fully saturated rings. The highest BCUT2D eigenvalue weighted by molar-refractivity contribution is 8.13. The van der Waals surface area contributed by atoms with Crippen LogP contribution in [0.4, 0.5) is 5.69 Å². The molecule has 0 saturated heterocycles. The van der Waals surface area contributed by atoms with Crippen LogP contribution in [-0.4, -0.2) is 14.3 Å². The summed E-state index contributed by atoms with van der Waals surface area (Å²) in [6.45, 7) is 1.69. The number of carbonyl (C=O) groups is 1. The van der Waals surface area contributed by atoms with Crippen molar-refractivity contribution in [1.82, 2.24) is 0 Å². The molecular weight excluding hydrogens is 333 g/mol. The first-order valence-corrected chi connectivity index (χ1v) is 9.53. The van der Waals surface area contributed by atoms with Gasteiger partial charge in [-0.05, 0) is 37.5 Å². The third-order valence-electron chi connectivity index (χ3n) is 3.77. The zero-order valence-corrected chi connectivity index (χ0v) is 14.0. The average molecular weight is 350 g/mol. The number of anilines is 1. The van der Waals surface area contributed by atoms with Crippen molar-refractivity contribution < 1.29 is 13.2 Å². The molecule has 116 valence electrons. The Labute approximate surface area is 134 Å². The second-order valence-corrected chi connectivity index (χ2v) is 8.33. The molecule has 4 nitrogen and oxygen atoms in total. The van der Waals surface area contributed by atoms with Gasteiger partial charge < -0.3 is 5.32 Å². The zero-order chi connectivity index (χ0) is 15.6. The number of benzene rings is 1. The third-order valence-corrected chi connectivity index (χ3v) is 5.40. The fraction of sp³-hybridized carbons (Fsp3) is 0.500. The highest BCUT2D eigenvalue weighted by Gasteiger charge is 2.23. The molecule has 0 aromatic heterocycles. The first-order chi connectivity index (χ1) is 9.79. The highest BCUT2D eigenvalue weighted by atomic mass is 35.7. The number of nitrogens with one attached hydrogen (secondary N) is 1. The third kappa shape index (κ3) is 4.11. The summed E-state index contributed by atoms with van der Waals surface area (Å²) in [4.78, 5) is 12.2. The molecule has 0 radical (unpaired) electrons. The minimum absolute atomic E-state index is 0.00523. The van der Waals surface area contributed by atoms with Gasteiger partial charge in [0.1, 0.15) is 0 Å². The lowest BCUT2D eigenvalue weighted by molar-refractivity contribution is -0.120. The van der Waals surface area contributed by atoms with Gasteiger partial charge in [0, 0.05) is 16.6 Å². The lowest BCUT2D eigenvalue weighted by Gasteiger charge is -2.21. The Balaban J connectivity index is 2.22. The van der Waals surface area contributed by atoms with Crippen molar-refractivity contribution in [3.8, 4) is 0 Å². The smallest absolute Gasteiger partial charge is 0.261 e. The molecule has 1 aromatic rings. The number of hydrogen-bond donors (Lipinski definition) is 1. The van der Waals surface area contributed by atoms with Crippen LogP contribution in [0.2, 0.25) is 5.02 Å². The molecule has 1 amide bonds. The quantitative estimate of drug-likeness (QED) is 0.835. The fourth-order valence-electron chi connectivity index (χ4n) is 2.60. The van der Waals surface area contributed by atoms with Gasteiger partial charge in [-0.15, -0.1) is 0 Å². The molecule has 21 heavy (non-hydrogen) atoms. The summed E-state index contributed by atoms with van der Waals surface area (Å²) in [5, 5.41) is 3.00. The van der Waals surface area contributed by atoms with Gasteiger partial charge in [-0.1, -0.05) is 30.9 Å². The van der Waals surface area contributed by atoms with Gasteiger partial charge in [0.05, 0.1) is 15.6 Å². The van der Waals surface area contributed by atoms with E-state index in [4.69, 9.17) is 22.3 Å². The Bertz CT molecular complexity index is 629. The van der Waals surface area contributed by atoms with Crippen LogP contribution in [0.5, 0.6) is 0 Å². The van der Waals surface area contributed by atoms with Crippen molar-refractivity contribution >= 4 is 42.9 Å². The van der Waals surface area contributed by atoms with E-state index < -0.39 is 9.05 Å². The molecule has 1 N–H and O–H groups in total. The molecule has 0 atom stereocenters. The van der Waals surface area contributed by atoms with Crippen molar-refractivity contribution in [2.45, 2.75) is 43.9 Å². The van der Waals surface area contributed by atoms with E-state index in [0.717, 1.165) is 25.7 Å². The van der Waals surface area contributed by atoms with E-state index in [9.17, 15) is 13.2 Å². The number of rotatable bonds is 3. The Hall–Kier alpha value is -0.780. The van der Waals surface area contributed by atoms with Crippen LogP contribution in [0, 0.1) is 12.8 Å². The van der Waals surface area contributed by atoms with Gasteiger partial charge in [-0.2, -0.15) is 0 Å². The van der Waals surface area contributed by atoms with Crippen molar-refractivity contribution in [1.29, 1.82) is 0 Å². The molecule has 2 rings (SSSR count). The number of aryl methyl sites for hydroxylation is 1. The Kier molecular flexibility index (Phi) is 5.17. The lowest BCUT2D eigenvalue weighted by atomic mass is 9.88. The molecule has 1 saturated carbocycles. The van der Waals surface area contributed by atoms with E-state index in [1.807, 2.05) is 0 Å². The van der Waals surface area contributed by atoms with Crippen LogP contribution in [0.25, 0.3) is 0 Å². The lowest BCUT2D eigenvalue weighted by Crippen LogP contribution is -2.25. The Morgan fingerprint density at radius 2 is 1.86 bits per heavy atom. The van der Waals surface area contributed by atoms with Gasteiger partial charge >= 0.3 is 0 Å². The maximum atomic E-state index is 12.2. The van der Waals surface area contributed by atoms with Gasteiger partial charge in [-0.3, -0.25) is 4.79 Å². The second kappa shape index (κ2) is 6.55. The summed E-state index contributed by atoms with van der Waals surface area (Å²) >= 11 is 6.09. The Morgan fingerprint density at radius 1 is 1.24 bits per heavy atom. The van der Waals surface area contributed by atoms with Crippen LogP contribution < -0.4 is 5.32 Å². The van der Waals surface area contributed by atoms with E-state index >= 15 is 0 Å². The topological polar surface area (TPSA) is 63.2 Å². The summed E-state index contributed by atoms with van der Waals surface area (Å²) in [5.41, 5.74) is 1.03. The normalized spacial score (nSPS) is 16.7. The van der Waals surface area contributed by atoms with E-state index in [1.165, 1.54) is 18.6 Å². The number of carbonyl (C=O) groups excluding carboxylic acids is 1. The predicted molar refractivity (Wildman–Crippen MR) is 84.4 cm³/mol. The largest absolute Gasteiger partial charge is 0.324 e. The van der Waals surface area contributed by atoms with E-state index in [2.05, 4.69) is 5.32 Å². The number of hydrogen-bond acceptors (Lipinski definition) is 3. The SMILES string of the molecule is Cc1cc(S(=O)(=O)Cl)cc(Cl)c1NC(=O)C1CCCCC1. The van der Waals surface area contributed by atoms with Gasteiger partial charge in [0.2, 0.25) is 5.91 Å². The summed E-state index contributed by atoms with van der Waals surface area (Å²) in [7, 11) is 1.47. The molecule has 1 aromatic carbocycles. The van der Waals surface area contributed by atoms with E-state index in [1.54, 1.807) is 6.92 Å². The molecule has 0 aliphatic heterocycles. The maximum Gasteiger partial charge on any atom is 0.261 e. The summed E-state index contributed by atoms with van der Waals surface area (Å²) in [6, 6.07) is 2.66. The number of halogens is 2. The number of amides is 1. The minimum Gasteiger partial charge on any atom is -0.324 e. The van der Waals surface area contributed by atoms with Crippen LogP contribution in [-0.2, 0) is 13.8 Å². The van der Waals surface area contributed by atoms with Crippen molar-refractivity contribution in [2.24, 2.45) is 5.92 Å². The van der Waals surface area contributed by atoms with Gasteiger partial charge in [-0.25, -0.2) is 8.42 Å². The van der Waals surface area contributed by atoms with Crippen LogP contribution in [0.15, 0.2) is 17.0 Å². The summed E-state index contributed by atoms with van der Waals surface area (Å²) in [6.07, 6.45) is 5.07. The van der Waals surface area contributed by atoms with Crippen molar-refractivity contribution in [3.05, 3.63) is 22.7 Å². The molecule has 1 aliphatic carbocycles. The van der Waals surface area contributed by atoms with Crippen molar-refractivity contribution in [2.75, 3.05) is 5.32 Å². The molecule has 0 bridgehead atoms. The molecular formula is C14H17Cl2NO3S. The van der Waals surface area contributed by atoms with Crippen LogP contribution in [0.1, 0.15) is 37.7 Å². The van der Waals surface area contributed by atoms with E-state index in [0.29, 0.717) is 11.3 Å². The summed E-state index contributed by atoms with van der Waals surface area (Å²) in [5.74, 6) is -0.0492. The van der Waals surface area contributed by atoms with Gasteiger partial charge in [0.25, 0.3) is 9.05 Å². The molecule has 0 spiro atoms. The molecule has 7 heteroatoms. The zero-order valence-electron chi connectivity index (χ0n) is 11.7. The monoisotopic (exact) mass is 349 g/mol. The maximum absolute atomic E-state index is 12.2.